The summed E-state index contributed by atoms with van der Waals surface area (Å²) in [4.78, 5) is 34.8. The van der Waals surface area contributed by atoms with Crippen LogP contribution in [0.5, 0.6) is 11.5 Å². The number of hydrogen-bond acceptors (Lipinski definition) is 7. The predicted molar refractivity (Wildman–Crippen MR) is 120 cm³/mol. The van der Waals surface area contributed by atoms with E-state index in [4.69, 9.17) is 18.8 Å². The number of ether oxygens (including phenoxy) is 2. The Morgan fingerprint density at radius 2 is 1.31 bits per heavy atom. The third-order valence-electron chi connectivity index (χ3n) is 6.50. The van der Waals surface area contributed by atoms with Gasteiger partial charge in [-0.1, -0.05) is 25.7 Å². The zero-order valence-electron chi connectivity index (χ0n) is 18.8. The first-order valence-corrected chi connectivity index (χ1v) is 11.3. The van der Waals surface area contributed by atoms with Gasteiger partial charge in [0.2, 0.25) is 0 Å². The number of esters is 2. The summed E-state index contributed by atoms with van der Waals surface area (Å²) in [5.41, 5.74) is 0.421. The first kappa shape index (κ1) is 24.2. The molecular weight excluding hydrogens is 410 g/mol. The Morgan fingerprint density at radius 3 is 1.78 bits per heavy atom. The van der Waals surface area contributed by atoms with Gasteiger partial charge in [-0.15, -0.1) is 0 Å². The first-order chi connectivity index (χ1) is 15.5. The Morgan fingerprint density at radius 1 is 0.812 bits per heavy atom. The van der Waals surface area contributed by atoms with Gasteiger partial charge in [0.25, 0.3) is 0 Å². The van der Waals surface area contributed by atoms with Gasteiger partial charge in [-0.3, -0.25) is 14.4 Å². The molecule has 0 bridgehead atoms. The van der Waals surface area contributed by atoms with Crippen molar-refractivity contribution in [2.45, 2.75) is 63.0 Å². The SMILES string of the molecule is COC(=O)C1CCC([B]Oc2ccc(O[B]C3CCC(C(=O)OC)CC3)c(C=O)c2)CC1. The summed E-state index contributed by atoms with van der Waals surface area (Å²) in [6.07, 6.45) is 7.34. The van der Waals surface area contributed by atoms with Crippen molar-refractivity contribution in [1.82, 2.24) is 0 Å². The predicted octanol–water partition coefficient (Wildman–Crippen LogP) is 3.80. The lowest BCUT2D eigenvalue weighted by Crippen LogP contribution is -2.24. The van der Waals surface area contributed by atoms with Gasteiger partial charge >= 0.3 is 26.9 Å². The fourth-order valence-corrected chi connectivity index (χ4v) is 4.46. The van der Waals surface area contributed by atoms with E-state index in [9.17, 15) is 14.4 Å². The maximum atomic E-state index is 11.6. The van der Waals surface area contributed by atoms with E-state index in [1.165, 1.54) is 14.2 Å². The molecule has 2 saturated carbocycles. The third-order valence-corrected chi connectivity index (χ3v) is 6.50. The average molecular weight is 440 g/mol. The topological polar surface area (TPSA) is 88.1 Å². The minimum absolute atomic E-state index is 0.0190. The van der Waals surface area contributed by atoms with Gasteiger partial charge < -0.3 is 18.8 Å². The van der Waals surface area contributed by atoms with E-state index in [1.54, 1.807) is 33.2 Å². The lowest BCUT2D eigenvalue weighted by Gasteiger charge is -2.26. The highest BCUT2D eigenvalue weighted by molar-refractivity contribution is 6.31. The van der Waals surface area contributed by atoms with E-state index in [-0.39, 0.29) is 35.4 Å². The van der Waals surface area contributed by atoms with Crippen LogP contribution < -0.4 is 9.31 Å². The van der Waals surface area contributed by atoms with Gasteiger partial charge in [0.1, 0.15) is 5.75 Å². The Hall–Kier alpha value is -2.44. The number of benzene rings is 1. The molecule has 0 aromatic heterocycles. The van der Waals surface area contributed by atoms with Gasteiger partial charge in [-0.25, -0.2) is 0 Å². The van der Waals surface area contributed by atoms with Crippen LogP contribution in [0.15, 0.2) is 18.2 Å². The van der Waals surface area contributed by atoms with Crippen molar-refractivity contribution in [3.63, 3.8) is 0 Å². The fourth-order valence-electron chi connectivity index (χ4n) is 4.46. The molecule has 1 aromatic carbocycles. The summed E-state index contributed by atoms with van der Waals surface area (Å²) < 4.78 is 21.2. The molecule has 2 aliphatic carbocycles. The van der Waals surface area contributed by atoms with Crippen molar-refractivity contribution in [2.75, 3.05) is 14.2 Å². The highest BCUT2D eigenvalue weighted by Gasteiger charge is 2.29. The zero-order valence-corrected chi connectivity index (χ0v) is 18.8. The van der Waals surface area contributed by atoms with Crippen LogP contribution in [0, 0.1) is 11.8 Å². The number of methoxy groups -OCH3 is 2. The minimum atomic E-state index is -0.142. The smallest absolute Gasteiger partial charge is 0.373 e. The van der Waals surface area contributed by atoms with E-state index >= 15 is 0 Å². The molecule has 7 nitrogen and oxygen atoms in total. The van der Waals surface area contributed by atoms with Crippen molar-refractivity contribution in [3.05, 3.63) is 23.8 Å². The fraction of sp³-hybridized carbons (Fsp3) is 0.609. The van der Waals surface area contributed by atoms with E-state index in [1.807, 2.05) is 0 Å². The van der Waals surface area contributed by atoms with E-state index in [0.717, 1.165) is 57.7 Å². The molecule has 2 fully saturated rings. The molecule has 0 spiro atoms. The van der Waals surface area contributed by atoms with Crippen molar-refractivity contribution in [1.29, 1.82) is 0 Å². The molecule has 3 rings (SSSR count). The molecule has 170 valence electrons. The summed E-state index contributed by atoms with van der Waals surface area (Å²) in [5, 5.41) is 0. The van der Waals surface area contributed by atoms with Crippen LogP contribution in [0.2, 0.25) is 11.6 Å². The standard InChI is InChI=1S/C23H30B2O7/c1-29-22(27)15-3-7-18(8-4-15)24-31-20-11-12-21(17(13-20)14-26)32-25-19-9-5-16(6-10-19)23(28)30-2/h11-16,18-19H,3-10H2,1-2H3. The number of aldehydes is 1. The third kappa shape index (κ3) is 6.53. The second-order valence-corrected chi connectivity index (χ2v) is 8.60. The van der Waals surface area contributed by atoms with Crippen LogP contribution in [-0.2, 0) is 19.1 Å². The lowest BCUT2D eigenvalue weighted by atomic mass is 9.67. The van der Waals surface area contributed by atoms with E-state index in [2.05, 4.69) is 0 Å². The van der Waals surface area contributed by atoms with Gasteiger partial charge in [0.15, 0.2) is 6.29 Å². The molecule has 0 aliphatic heterocycles. The summed E-state index contributed by atoms with van der Waals surface area (Å²) in [6, 6.07) is 5.18. The van der Waals surface area contributed by atoms with Crippen LogP contribution in [0.4, 0.5) is 0 Å². The summed E-state index contributed by atoms with van der Waals surface area (Å²) >= 11 is 0. The van der Waals surface area contributed by atoms with Crippen LogP contribution >= 0.6 is 0 Å². The first-order valence-electron chi connectivity index (χ1n) is 11.3. The van der Waals surface area contributed by atoms with Gasteiger partial charge in [0, 0.05) is 0 Å². The second kappa shape index (κ2) is 12.0. The van der Waals surface area contributed by atoms with Crippen LogP contribution in [-0.4, -0.2) is 47.4 Å². The van der Waals surface area contributed by atoms with Crippen molar-refractivity contribution in [3.8, 4) is 11.5 Å². The van der Waals surface area contributed by atoms with Gasteiger partial charge in [-0.05, 0) is 55.5 Å². The number of carbonyl (C=O) groups excluding carboxylic acids is 3. The van der Waals surface area contributed by atoms with Crippen molar-refractivity contribution >= 4 is 33.2 Å². The van der Waals surface area contributed by atoms with E-state index in [0.29, 0.717) is 17.1 Å². The maximum absolute atomic E-state index is 11.6. The summed E-state index contributed by atoms with van der Waals surface area (Å²) in [5.74, 6) is 1.24. The maximum Gasteiger partial charge on any atom is 0.373 e. The van der Waals surface area contributed by atoms with E-state index < -0.39 is 0 Å². The lowest BCUT2D eigenvalue weighted by molar-refractivity contribution is -0.147. The Balaban J connectivity index is 1.44. The van der Waals surface area contributed by atoms with Crippen LogP contribution in [0.1, 0.15) is 61.7 Å². The van der Waals surface area contributed by atoms with Crippen LogP contribution in [0.3, 0.4) is 0 Å². The Labute approximate surface area is 191 Å². The Bertz CT molecular complexity index is 785. The summed E-state index contributed by atoms with van der Waals surface area (Å²) in [7, 11) is 6.41. The quantitative estimate of drug-likeness (QED) is 0.328. The molecule has 0 amide bonds. The molecule has 2 radical (unpaired) electrons. The largest absolute Gasteiger partial charge is 0.563 e. The highest BCUT2D eigenvalue weighted by Crippen LogP contribution is 2.35. The second-order valence-electron chi connectivity index (χ2n) is 8.60. The molecule has 1 aromatic rings. The monoisotopic (exact) mass is 440 g/mol. The molecule has 0 atom stereocenters. The normalized spacial score (nSPS) is 25.2. The molecule has 0 N–H and O–H groups in total. The van der Waals surface area contributed by atoms with Gasteiger partial charge in [0.05, 0.1) is 37.4 Å². The molecule has 0 unspecified atom stereocenters. The zero-order chi connectivity index (χ0) is 22.9. The van der Waals surface area contributed by atoms with Crippen molar-refractivity contribution in [2.24, 2.45) is 11.8 Å². The average Bonchev–Trinajstić information content (AvgIpc) is 2.86. The Kier molecular flexibility index (Phi) is 9.06. The minimum Gasteiger partial charge on any atom is -0.563 e. The molecular formula is C23H30B2O7. The van der Waals surface area contributed by atoms with Crippen LogP contribution in [0.25, 0.3) is 0 Å². The van der Waals surface area contributed by atoms with Gasteiger partial charge in [-0.2, -0.15) is 0 Å². The molecule has 0 saturated heterocycles. The summed E-state index contributed by atoms with van der Waals surface area (Å²) in [6.45, 7) is 0. The number of carbonyl (C=O) groups is 3. The van der Waals surface area contributed by atoms with Crippen molar-refractivity contribution < 1.29 is 33.2 Å². The number of rotatable bonds is 9. The number of hydrogen-bond donors (Lipinski definition) is 0. The molecule has 32 heavy (non-hydrogen) atoms. The highest BCUT2D eigenvalue weighted by atomic mass is 16.5. The molecule has 0 heterocycles. The molecule has 9 heteroatoms. The molecule has 2 aliphatic rings.